The maximum Gasteiger partial charge on any atom is 0.459 e. The third-order valence-corrected chi connectivity index (χ3v) is 4.51. The number of nitrogens with one attached hydrogen (secondary N) is 2. The molecule has 1 saturated heterocycles. The summed E-state index contributed by atoms with van der Waals surface area (Å²) < 4.78 is 49.2. The van der Waals surface area contributed by atoms with Gasteiger partial charge in [0.2, 0.25) is 0 Å². The second-order valence-electron chi connectivity index (χ2n) is 7.32. The van der Waals surface area contributed by atoms with Crippen LogP contribution in [0.25, 0.3) is 0 Å². The standard InChI is InChI=1S/C13H22F3N5O2.C6H9F.C2H6/c1-8(17)4-10(5-18-13(22,23)12(14,15)16)21-6-9-2-3-19-20-11(9)7-21;1-3-4-5-6(2)7;1-2/h2,8,10,18-19,22-23H,3-7,17H2,1H3;3H,1-2,4-5H2;1-2H3/t8-,10-;;/m1../s1. The van der Waals surface area contributed by atoms with Crippen molar-refractivity contribution >= 4 is 5.71 Å². The number of nitrogens with zero attached hydrogens (tertiary/aromatic N) is 2. The van der Waals surface area contributed by atoms with E-state index in [2.05, 4.69) is 23.7 Å². The van der Waals surface area contributed by atoms with Crippen LogP contribution < -0.4 is 16.5 Å². The number of fused-ring (bicyclic) bond motifs is 1. The molecule has 0 aliphatic carbocycles. The summed E-state index contributed by atoms with van der Waals surface area (Å²) in [5.74, 6) is -4.19. The van der Waals surface area contributed by atoms with Gasteiger partial charge in [0.05, 0.1) is 18.1 Å². The van der Waals surface area contributed by atoms with E-state index in [1.807, 2.05) is 24.8 Å². The molecule has 0 amide bonds. The molecule has 1 fully saturated rings. The van der Waals surface area contributed by atoms with Crippen LogP contribution in [0.15, 0.2) is 41.8 Å². The van der Waals surface area contributed by atoms with Crippen LogP contribution in [-0.4, -0.2) is 71.2 Å². The van der Waals surface area contributed by atoms with Crippen LogP contribution >= 0.6 is 0 Å². The number of rotatable bonds is 9. The Hall–Kier alpha value is -1.79. The lowest BCUT2D eigenvalue weighted by Crippen LogP contribution is -2.60. The number of hydrogen-bond donors (Lipinski definition) is 5. The Bertz CT molecular complexity index is 627. The highest BCUT2D eigenvalue weighted by atomic mass is 19.4. The van der Waals surface area contributed by atoms with Crippen molar-refractivity contribution in [3.8, 4) is 0 Å². The number of alkyl halides is 3. The topological polar surface area (TPSA) is 106 Å². The molecule has 2 aliphatic heterocycles. The van der Waals surface area contributed by atoms with Gasteiger partial charge in [-0.25, -0.2) is 4.39 Å². The lowest BCUT2D eigenvalue weighted by Gasteiger charge is -2.32. The molecule has 2 rings (SSSR count). The second kappa shape index (κ2) is 14.4. The minimum absolute atomic E-state index is 0.240. The number of likely N-dealkylation sites (tertiary alicyclic amines) is 1. The lowest BCUT2D eigenvalue weighted by molar-refractivity contribution is -0.363. The Balaban J connectivity index is 0.000000911. The molecule has 0 saturated carbocycles. The quantitative estimate of drug-likeness (QED) is 0.203. The van der Waals surface area contributed by atoms with Crippen molar-refractivity contribution in [3.63, 3.8) is 0 Å². The summed E-state index contributed by atoms with van der Waals surface area (Å²) in [5.41, 5.74) is 10.5. The predicted molar refractivity (Wildman–Crippen MR) is 119 cm³/mol. The van der Waals surface area contributed by atoms with Crippen LogP contribution in [0.1, 0.15) is 40.0 Å². The van der Waals surface area contributed by atoms with Crippen molar-refractivity contribution in [2.75, 3.05) is 26.2 Å². The molecule has 0 aromatic heterocycles. The Morgan fingerprint density at radius 1 is 1.38 bits per heavy atom. The minimum Gasteiger partial charge on any atom is -0.346 e. The maximum absolute atomic E-state index is 12.5. The monoisotopic (exact) mass is 467 g/mol. The van der Waals surface area contributed by atoms with Crippen LogP contribution in [0, 0.1) is 0 Å². The van der Waals surface area contributed by atoms with Gasteiger partial charge in [-0.15, -0.1) is 6.58 Å². The van der Waals surface area contributed by atoms with Gasteiger partial charge in [-0.05, 0) is 25.3 Å². The van der Waals surface area contributed by atoms with Gasteiger partial charge in [0.1, 0.15) is 0 Å². The summed E-state index contributed by atoms with van der Waals surface area (Å²) in [6.45, 7) is 13.6. The van der Waals surface area contributed by atoms with Gasteiger partial charge in [0.25, 0.3) is 0 Å². The normalized spacial score (nSPS) is 17.8. The zero-order valence-corrected chi connectivity index (χ0v) is 19.1. The van der Waals surface area contributed by atoms with E-state index >= 15 is 0 Å². The molecule has 0 aromatic rings. The van der Waals surface area contributed by atoms with Crippen molar-refractivity contribution in [1.29, 1.82) is 0 Å². The number of hydrazone groups is 1. The van der Waals surface area contributed by atoms with E-state index in [4.69, 9.17) is 15.9 Å². The number of hydrogen-bond acceptors (Lipinski definition) is 7. The molecule has 186 valence electrons. The van der Waals surface area contributed by atoms with Crippen molar-refractivity contribution in [1.82, 2.24) is 15.6 Å². The second-order valence-corrected chi connectivity index (χ2v) is 7.32. The third-order valence-electron chi connectivity index (χ3n) is 4.51. The Morgan fingerprint density at radius 3 is 2.44 bits per heavy atom. The zero-order valence-electron chi connectivity index (χ0n) is 19.1. The number of nitrogens with two attached hydrogens (primary N) is 1. The Kier molecular flexibility index (Phi) is 13.6. The van der Waals surface area contributed by atoms with E-state index in [9.17, 15) is 17.6 Å². The largest absolute Gasteiger partial charge is 0.459 e. The van der Waals surface area contributed by atoms with Crippen molar-refractivity contribution in [2.45, 2.75) is 64.2 Å². The Labute approximate surface area is 187 Å². The molecule has 0 radical (unpaired) electrons. The Morgan fingerprint density at radius 2 is 2.00 bits per heavy atom. The van der Waals surface area contributed by atoms with E-state index in [0.29, 0.717) is 38.9 Å². The summed E-state index contributed by atoms with van der Waals surface area (Å²) in [5, 5.41) is 24.2. The predicted octanol–water partition coefficient (Wildman–Crippen LogP) is 2.55. The molecule has 11 heteroatoms. The first-order valence-electron chi connectivity index (χ1n) is 10.6. The average molecular weight is 468 g/mol. The van der Waals surface area contributed by atoms with E-state index in [0.717, 1.165) is 11.3 Å². The van der Waals surface area contributed by atoms with Gasteiger partial charge in [-0.1, -0.05) is 32.6 Å². The highest BCUT2D eigenvalue weighted by Crippen LogP contribution is 2.26. The van der Waals surface area contributed by atoms with Crippen molar-refractivity contribution < 1.29 is 27.8 Å². The molecule has 7 nitrogen and oxygen atoms in total. The van der Waals surface area contributed by atoms with Gasteiger partial charge < -0.3 is 21.4 Å². The molecule has 2 atom stereocenters. The smallest absolute Gasteiger partial charge is 0.346 e. The molecular formula is C21H37F4N5O2. The summed E-state index contributed by atoms with van der Waals surface area (Å²) in [6.07, 6.45) is -0.00325. The van der Waals surface area contributed by atoms with E-state index in [-0.39, 0.29) is 24.5 Å². The van der Waals surface area contributed by atoms with E-state index in [1.165, 1.54) is 0 Å². The fourth-order valence-electron chi connectivity index (χ4n) is 2.93. The van der Waals surface area contributed by atoms with E-state index in [1.54, 1.807) is 18.3 Å². The summed E-state index contributed by atoms with van der Waals surface area (Å²) in [7, 11) is 0. The van der Waals surface area contributed by atoms with Crippen LogP contribution in [-0.2, 0) is 0 Å². The molecule has 0 bridgehead atoms. The molecular weight excluding hydrogens is 430 g/mol. The van der Waals surface area contributed by atoms with E-state index < -0.39 is 12.1 Å². The minimum atomic E-state index is -5.18. The first-order valence-corrected chi connectivity index (χ1v) is 10.6. The molecule has 0 unspecified atom stereocenters. The lowest BCUT2D eigenvalue weighted by atomic mass is 10.1. The van der Waals surface area contributed by atoms with Gasteiger partial charge in [0.15, 0.2) is 0 Å². The van der Waals surface area contributed by atoms with Gasteiger partial charge in [-0.2, -0.15) is 18.3 Å². The van der Waals surface area contributed by atoms with Crippen LogP contribution in [0.5, 0.6) is 0 Å². The molecule has 0 aromatic carbocycles. The number of halogens is 4. The maximum atomic E-state index is 12.5. The van der Waals surface area contributed by atoms with Crippen LogP contribution in [0.3, 0.4) is 0 Å². The summed E-state index contributed by atoms with van der Waals surface area (Å²) in [6, 6.07) is -0.624. The van der Waals surface area contributed by atoms with Crippen LogP contribution in [0.2, 0.25) is 0 Å². The molecule has 0 spiro atoms. The van der Waals surface area contributed by atoms with Crippen molar-refractivity contribution in [3.05, 3.63) is 36.7 Å². The highest BCUT2D eigenvalue weighted by Gasteiger charge is 2.53. The zero-order chi connectivity index (χ0) is 24.9. The molecule has 32 heavy (non-hydrogen) atoms. The average Bonchev–Trinajstić information content (AvgIpc) is 3.14. The fourth-order valence-corrected chi connectivity index (χ4v) is 2.93. The van der Waals surface area contributed by atoms with Crippen molar-refractivity contribution in [2.24, 2.45) is 10.8 Å². The SMILES string of the molecule is C=CCCC(=C)F.CC.C[C@@H](N)C[C@H](CNC(O)(O)C(F)(F)F)N1CC2=CCNN=C2C1. The molecule has 2 aliphatic rings. The van der Waals surface area contributed by atoms with Gasteiger partial charge >= 0.3 is 12.1 Å². The van der Waals surface area contributed by atoms with Gasteiger partial charge in [-0.3, -0.25) is 10.2 Å². The highest BCUT2D eigenvalue weighted by molar-refractivity contribution is 6.04. The summed E-state index contributed by atoms with van der Waals surface area (Å²) in [4.78, 5) is 1.93. The molecule has 2 heterocycles. The van der Waals surface area contributed by atoms with Crippen LogP contribution in [0.4, 0.5) is 17.6 Å². The van der Waals surface area contributed by atoms with Gasteiger partial charge in [0, 0.05) is 38.1 Å². The molecule has 6 N–H and O–H groups in total. The third kappa shape index (κ3) is 10.7. The number of aliphatic hydroxyl groups is 2. The summed E-state index contributed by atoms with van der Waals surface area (Å²) >= 11 is 0. The first kappa shape index (κ1) is 30.2. The number of allylic oxidation sites excluding steroid dienone is 2. The fraction of sp³-hybridized carbons (Fsp3) is 0.667. The first-order chi connectivity index (χ1) is 14.9.